The second kappa shape index (κ2) is 17.1. The Morgan fingerprint density at radius 2 is 0.831 bits per heavy atom. The minimum absolute atomic E-state index is 0. The van der Waals surface area contributed by atoms with Gasteiger partial charge in [-0.2, -0.15) is 35.0 Å². The number of hydrogen-bond acceptors (Lipinski definition) is 8. The Bertz CT molecular complexity index is 3490. The molecule has 12 aromatic rings. The van der Waals surface area contributed by atoms with Crippen LogP contribution in [0.25, 0.3) is 83.0 Å². The minimum atomic E-state index is 0. The van der Waals surface area contributed by atoms with Crippen LogP contribution in [0.5, 0.6) is 23.0 Å². The number of nitrogens with zero attached hydrogens (tertiary/aromatic N) is 9. The molecule has 0 saturated heterocycles. The summed E-state index contributed by atoms with van der Waals surface area (Å²) in [5, 5.41) is 24.3. The van der Waals surface area contributed by atoms with Gasteiger partial charge in [-0.1, -0.05) is 84.4 Å². The average molecular weight is 1210 g/mol. The van der Waals surface area contributed by atoms with Crippen molar-refractivity contribution in [2.45, 2.75) is 26.2 Å². The summed E-state index contributed by atoms with van der Waals surface area (Å²) in [7, 11) is 0. The molecule has 11 nitrogen and oxygen atoms in total. The van der Waals surface area contributed by atoms with Crippen molar-refractivity contribution >= 4 is 65.4 Å². The van der Waals surface area contributed by atoms with Crippen LogP contribution in [0.15, 0.2) is 146 Å². The van der Waals surface area contributed by atoms with Gasteiger partial charge in [0, 0.05) is 52.3 Å². The Hall–Kier alpha value is -7.06. The summed E-state index contributed by atoms with van der Waals surface area (Å²) in [5.41, 5.74) is 5.09. The van der Waals surface area contributed by atoms with Gasteiger partial charge in [-0.15, -0.1) is 79.7 Å². The molecule has 0 saturated carbocycles. The SMILES string of the molecule is CCC(C)c1nnc(-n2c3[c-]c(Oc4[c-]c5c(cc4)c4ccccc4n5-c4ccccn4)ccc3c3ccc(Oc4[c-]c5c(cc4)c4ccccc4n5-c4ccccn4)[c-]c32)nn1.[Pt+2].[Pt+2]. The molecule has 0 radical (unpaired) electrons. The van der Waals surface area contributed by atoms with Gasteiger partial charge in [-0.3, -0.25) is 0 Å². The first-order valence-electron chi connectivity index (χ1n) is 20.7. The van der Waals surface area contributed by atoms with Gasteiger partial charge in [0.05, 0.1) is 0 Å². The number of ether oxygens (including phenoxy) is 2. The van der Waals surface area contributed by atoms with Crippen LogP contribution in [0.3, 0.4) is 0 Å². The zero-order valence-corrected chi connectivity index (χ0v) is 39.2. The molecule has 0 bridgehead atoms. The van der Waals surface area contributed by atoms with Crippen molar-refractivity contribution in [1.29, 1.82) is 0 Å². The van der Waals surface area contributed by atoms with Crippen molar-refractivity contribution < 1.29 is 51.6 Å². The molecule has 1 atom stereocenters. The zero-order chi connectivity index (χ0) is 42.0. The smallest absolute Gasteiger partial charge is 0.509 e. The van der Waals surface area contributed by atoms with E-state index in [1.807, 2.05) is 102 Å². The summed E-state index contributed by atoms with van der Waals surface area (Å²) in [6, 6.07) is 58.2. The molecule has 0 aliphatic rings. The normalized spacial score (nSPS) is 11.9. The number of aromatic nitrogens is 9. The van der Waals surface area contributed by atoms with Crippen molar-refractivity contribution in [3.05, 3.63) is 176 Å². The third-order valence-electron chi connectivity index (χ3n) is 11.6. The fraction of sp³-hybridized carbons (Fsp3) is 0.0769. The quantitative estimate of drug-likeness (QED) is 0.131. The molecule has 6 heterocycles. The van der Waals surface area contributed by atoms with E-state index in [-0.39, 0.29) is 54.0 Å². The van der Waals surface area contributed by atoms with Crippen molar-refractivity contribution in [3.8, 4) is 40.6 Å². The van der Waals surface area contributed by atoms with Gasteiger partial charge < -0.3 is 23.2 Å². The Labute approximate surface area is 401 Å². The van der Waals surface area contributed by atoms with Gasteiger partial charge in [0.25, 0.3) is 5.95 Å². The van der Waals surface area contributed by atoms with Crippen LogP contribution in [-0.2, 0) is 42.1 Å². The van der Waals surface area contributed by atoms with Crippen LogP contribution < -0.4 is 9.47 Å². The number of fused-ring (bicyclic) bond motifs is 9. The summed E-state index contributed by atoms with van der Waals surface area (Å²) in [4.78, 5) is 9.33. The Kier molecular flexibility index (Phi) is 11.1. The Morgan fingerprint density at radius 3 is 1.23 bits per heavy atom. The van der Waals surface area contributed by atoms with Gasteiger partial charge in [-0.25, -0.2) is 9.97 Å². The fourth-order valence-corrected chi connectivity index (χ4v) is 8.40. The van der Waals surface area contributed by atoms with E-state index in [9.17, 15) is 0 Å². The van der Waals surface area contributed by atoms with Crippen LogP contribution in [0.4, 0.5) is 0 Å². The van der Waals surface area contributed by atoms with E-state index >= 15 is 0 Å². The van der Waals surface area contributed by atoms with Gasteiger partial charge in [0.1, 0.15) is 11.6 Å². The summed E-state index contributed by atoms with van der Waals surface area (Å²) >= 11 is 0. The van der Waals surface area contributed by atoms with E-state index in [1.54, 1.807) is 12.4 Å². The molecular weight excluding hydrogens is 1170 g/mol. The monoisotopic (exact) mass is 1210 g/mol. The molecule has 1 unspecified atom stereocenters. The first kappa shape index (κ1) is 41.9. The number of hydrogen-bond donors (Lipinski definition) is 0. The topological polar surface area (TPSA) is 111 Å². The maximum absolute atomic E-state index is 6.56. The summed E-state index contributed by atoms with van der Waals surface area (Å²) < 4.78 is 19.2. The van der Waals surface area contributed by atoms with Crippen molar-refractivity contribution in [3.63, 3.8) is 0 Å². The van der Waals surface area contributed by atoms with Crippen LogP contribution in [0.2, 0.25) is 0 Å². The number of rotatable bonds is 9. The van der Waals surface area contributed by atoms with Crippen LogP contribution in [0, 0.1) is 24.3 Å². The molecular formula is C52H33N9O2Pt2. The van der Waals surface area contributed by atoms with E-state index in [1.165, 1.54) is 0 Å². The molecule has 318 valence electrons. The molecule has 0 amide bonds. The fourth-order valence-electron chi connectivity index (χ4n) is 8.40. The molecule has 0 aliphatic carbocycles. The van der Waals surface area contributed by atoms with Crippen LogP contribution in [-0.4, -0.2) is 44.1 Å². The van der Waals surface area contributed by atoms with Gasteiger partial charge >= 0.3 is 42.1 Å². The summed E-state index contributed by atoms with van der Waals surface area (Å²) in [5.74, 6) is 4.53. The molecule has 12 rings (SSSR count). The van der Waals surface area contributed by atoms with Crippen LogP contribution >= 0.6 is 0 Å². The molecule has 0 fully saturated rings. The Morgan fingerprint density at radius 1 is 0.446 bits per heavy atom. The number of para-hydroxylation sites is 2. The number of benzene rings is 6. The molecule has 0 spiro atoms. The first-order valence-corrected chi connectivity index (χ1v) is 20.7. The van der Waals surface area contributed by atoms with Gasteiger partial charge in [0.2, 0.25) is 0 Å². The predicted molar refractivity (Wildman–Crippen MR) is 243 cm³/mol. The van der Waals surface area contributed by atoms with Crippen LogP contribution in [0.1, 0.15) is 32.0 Å². The van der Waals surface area contributed by atoms with Gasteiger partial charge in [-0.05, 0) is 53.6 Å². The van der Waals surface area contributed by atoms with Gasteiger partial charge in [0.15, 0.2) is 5.82 Å². The molecule has 65 heavy (non-hydrogen) atoms. The predicted octanol–water partition coefficient (Wildman–Crippen LogP) is 11.6. The maximum atomic E-state index is 6.56. The van der Waals surface area contributed by atoms with E-state index in [4.69, 9.17) is 9.47 Å². The second-order valence-corrected chi connectivity index (χ2v) is 15.3. The summed E-state index contributed by atoms with van der Waals surface area (Å²) in [6.45, 7) is 4.14. The Balaban J connectivity index is 0.00000249. The zero-order valence-electron chi connectivity index (χ0n) is 34.6. The van der Waals surface area contributed by atoms with E-state index < -0.39 is 0 Å². The van der Waals surface area contributed by atoms with E-state index in [0.717, 1.165) is 72.4 Å². The van der Waals surface area contributed by atoms with E-state index in [2.05, 4.69) is 114 Å². The maximum Gasteiger partial charge on any atom is 2.00 e. The molecule has 0 aliphatic heterocycles. The van der Waals surface area contributed by atoms with Crippen molar-refractivity contribution in [2.75, 3.05) is 0 Å². The van der Waals surface area contributed by atoms with Crippen molar-refractivity contribution in [1.82, 2.24) is 44.1 Å². The number of pyridine rings is 2. The van der Waals surface area contributed by atoms with E-state index in [0.29, 0.717) is 39.9 Å². The molecule has 13 heteroatoms. The molecule has 6 aromatic carbocycles. The standard InChI is InChI=1S/C52H33N9O2.2Pt/c1-3-32(2)51-55-57-52(58-56-51)61-47-30-35(62-33-18-22-39-37-12-4-6-14-43(37)59(45(39)28-33)49-16-8-10-26-53-49)20-24-41(47)42-25-21-36(31-48(42)61)63-34-19-23-40-38-13-5-7-15-44(38)60(46(40)29-34)50-17-9-11-27-54-50;;/h4-27,32H,3H2,1-2H3;;/q-4;2*+2. The second-order valence-electron chi connectivity index (χ2n) is 15.3. The third kappa shape index (κ3) is 7.16. The average Bonchev–Trinajstić information content (AvgIpc) is 3.96. The van der Waals surface area contributed by atoms with Crippen molar-refractivity contribution in [2.24, 2.45) is 0 Å². The first-order chi connectivity index (χ1) is 31.1. The largest absolute Gasteiger partial charge is 2.00 e. The third-order valence-corrected chi connectivity index (χ3v) is 11.6. The minimum Gasteiger partial charge on any atom is -0.509 e. The summed E-state index contributed by atoms with van der Waals surface area (Å²) in [6.07, 6.45) is 4.44. The molecule has 6 aromatic heterocycles. The molecule has 0 N–H and O–H groups in total.